The third kappa shape index (κ3) is 8.35. The fraction of sp³-hybridized carbons (Fsp3) is 0.750. The molecule has 0 saturated carbocycles. The first-order valence-corrected chi connectivity index (χ1v) is 9.49. The second-order valence-corrected chi connectivity index (χ2v) is 7.26. The van der Waals surface area contributed by atoms with Crippen molar-refractivity contribution in [3.8, 4) is 0 Å². The molecule has 1 rings (SSSR count). The van der Waals surface area contributed by atoms with Crippen LogP contribution in [0.4, 0.5) is 0 Å². The highest BCUT2D eigenvalue weighted by molar-refractivity contribution is 8.00. The molecule has 1 heterocycles. The molecule has 0 aromatic rings. The Morgan fingerprint density at radius 1 is 1.20 bits per heavy atom. The van der Waals surface area contributed by atoms with E-state index in [9.17, 15) is 14.4 Å². The summed E-state index contributed by atoms with van der Waals surface area (Å²) < 4.78 is 0. The van der Waals surface area contributed by atoms with Crippen molar-refractivity contribution in [2.45, 2.75) is 44.6 Å². The average molecular weight is 374 g/mol. The van der Waals surface area contributed by atoms with E-state index >= 15 is 0 Å². The van der Waals surface area contributed by atoms with E-state index < -0.39 is 23.9 Å². The molecule has 1 aliphatic heterocycles. The minimum Gasteiger partial charge on any atom is -0.481 e. The Balaban J connectivity index is 2.58. The standard InChI is InChI=1S/C16H26N2O6S/c17-12(16(23)24)3-1-2-6-18-13-9-25-8-10(4-5-14(19)20)11(13)7-15(21)22/h10-12H,1-9,17H2,(H,19,20)(H,21,22)(H,23,24)/t10-,11-,12+/m1/s1. The zero-order chi connectivity index (χ0) is 18.8. The van der Waals surface area contributed by atoms with E-state index in [-0.39, 0.29) is 24.7 Å². The number of carboxylic acid groups (broad SMARTS) is 3. The molecule has 142 valence electrons. The fourth-order valence-corrected chi connectivity index (χ4v) is 4.20. The molecule has 1 fully saturated rings. The van der Waals surface area contributed by atoms with Gasteiger partial charge in [-0.05, 0) is 37.4 Å². The lowest BCUT2D eigenvalue weighted by molar-refractivity contribution is -0.139. The molecule has 0 aromatic carbocycles. The summed E-state index contributed by atoms with van der Waals surface area (Å²) in [7, 11) is 0. The fourth-order valence-electron chi connectivity index (χ4n) is 2.86. The molecule has 1 aliphatic rings. The molecule has 0 spiro atoms. The maximum Gasteiger partial charge on any atom is 0.320 e. The number of aliphatic carboxylic acids is 3. The second-order valence-electron chi connectivity index (χ2n) is 6.23. The number of nitrogens with two attached hydrogens (primary N) is 1. The van der Waals surface area contributed by atoms with Crippen molar-refractivity contribution in [3.05, 3.63) is 0 Å². The van der Waals surface area contributed by atoms with Crippen molar-refractivity contribution in [2.75, 3.05) is 18.1 Å². The van der Waals surface area contributed by atoms with Crippen LogP contribution in [0, 0.1) is 11.8 Å². The number of unbranched alkanes of at least 4 members (excludes halogenated alkanes) is 1. The number of rotatable bonds is 11. The first-order chi connectivity index (χ1) is 11.8. The summed E-state index contributed by atoms with van der Waals surface area (Å²) in [5.74, 6) is -1.61. The SMILES string of the molecule is N[C@@H](CCCCN=C1CSC[C@@H](CCC(=O)O)[C@H]1CC(=O)O)C(=O)O. The van der Waals surface area contributed by atoms with Crippen LogP contribution < -0.4 is 5.73 Å². The number of nitrogens with zero attached hydrogens (tertiary/aromatic N) is 1. The lowest BCUT2D eigenvalue weighted by atomic mass is 9.83. The van der Waals surface area contributed by atoms with E-state index in [0.29, 0.717) is 38.0 Å². The van der Waals surface area contributed by atoms with E-state index in [1.54, 1.807) is 11.8 Å². The van der Waals surface area contributed by atoms with E-state index in [1.807, 2.05) is 0 Å². The summed E-state index contributed by atoms with van der Waals surface area (Å²) in [6.07, 6.45) is 2.16. The minimum absolute atomic E-state index is 0.00475. The highest BCUT2D eigenvalue weighted by Gasteiger charge is 2.32. The Morgan fingerprint density at radius 2 is 1.92 bits per heavy atom. The second kappa shape index (κ2) is 11.1. The van der Waals surface area contributed by atoms with Crippen molar-refractivity contribution in [3.63, 3.8) is 0 Å². The molecule has 8 nitrogen and oxygen atoms in total. The number of carboxylic acids is 3. The van der Waals surface area contributed by atoms with Gasteiger partial charge < -0.3 is 21.1 Å². The van der Waals surface area contributed by atoms with Gasteiger partial charge in [-0.1, -0.05) is 0 Å². The van der Waals surface area contributed by atoms with Gasteiger partial charge in [-0.2, -0.15) is 11.8 Å². The van der Waals surface area contributed by atoms with Crippen molar-refractivity contribution in [1.29, 1.82) is 0 Å². The summed E-state index contributed by atoms with van der Waals surface area (Å²) in [5, 5.41) is 26.7. The Labute approximate surface area is 150 Å². The first kappa shape index (κ1) is 21.4. The quantitative estimate of drug-likeness (QED) is 0.395. The van der Waals surface area contributed by atoms with Gasteiger partial charge in [0.05, 0.1) is 6.42 Å². The van der Waals surface area contributed by atoms with E-state index in [4.69, 9.17) is 21.1 Å². The highest BCUT2D eigenvalue weighted by Crippen LogP contribution is 2.32. The van der Waals surface area contributed by atoms with Crippen molar-refractivity contribution in [2.24, 2.45) is 22.6 Å². The summed E-state index contributed by atoms with van der Waals surface area (Å²) in [4.78, 5) is 37.1. The Morgan fingerprint density at radius 3 is 2.52 bits per heavy atom. The predicted octanol–water partition coefficient (Wildman–Crippen LogP) is 1.33. The van der Waals surface area contributed by atoms with Gasteiger partial charge in [0.2, 0.25) is 0 Å². The van der Waals surface area contributed by atoms with Crippen LogP contribution in [0.1, 0.15) is 38.5 Å². The number of carbonyl (C=O) groups is 3. The van der Waals surface area contributed by atoms with Gasteiger partial charge in [-0.15, -0.1) is 0 Å². The number of hydrogen-bond acceptors (Lipinski definition) is 6. The van der Waals surface area contributed by atoms with E-state index in [1.165, 1.54) is 0 Å². The maximum atomic E-state index is 11.2. The van der Waals surface area contributed by atoms with Gasteiger partial charge in [0, 0.05) is 30.3 Å². The molecule has 9 heteroatoms. The molecule has 1 saturated heterocycles. The summed E-state index contributed by atoms with van der Waals surface area (Å²) in [6.45, 7) is 0.504. The van der Waals surface area contributed by atoms with Crippen LogP contribution in [-0.2, 0) is 14.4 Å². The van der Waals surface area contributed by atoms with Crippen LogP contribution in [-0.4, -0.2) is 63.0 Å². The molecule has 0 unspecified atom stereocenters. The van der Waals surface area contributed by atoms with E-state index in [2.05, 4.69) is 4.99 Å². The lowest BCUT2D eigenvalue weighted by Gasteiger charge is -2.31. The van der Waals surface area contributed by atoms with Gasteiger partial charge in [0.25, 0.3) is 0 Å². The molecule has 3 atom stereocenters. The summed E-state index contributed by atoms with van der Waals surface area (Å²) in [5.41, 5.74) is 6.27. The van der Waals surface area contributed by atoms with Gasteiger partial charge in [-0.25, -0.2) is 0 Å². The number of aliphatic imine (C=N–C) groups is 1. The average Bonchev–Trinajstić information content (AvgIpc) is 2.53. The third-order valence-corrected chi connectivity index (χ3v) is 5.42. The molecule has 5 N–H and O–H groups in total. The molecule has 25 heavy (non-hydrogen) atoms. The van der Waals surface area contributed by atoms with Crippen LogP contribution >= 0.6 is 11.8 Å². The zero-order valence-electron chi connectivity index (χ0n) is 14.1. The normalized spacial score (nSPS) is 23.3. The van der Waals surface area contributed by atoms with Gasteiger partial charge >= 0.3 is 17.9 Å². The Kier molecular flexibility index (Phi) is 9.51. The van der Waals surface area contributed by atoms with Crippen molar-refractivity contribution in [1.82, 2.24) is 0 Å². The molecular formula is C16H26N2O6S. The number of thioether (sulfide) groups is 1. The van der Waals surface area contributed by atoms with E-state index in [0.717, 1.165) is 11.5 Å². The maximum absolute atomic E-state index is 11.2. The van der Waals surface area contributed by atoms with Gasteiger partial charge in [-0.3, -0.25) is 19.4 Å². The Bertz CT molecular complexity index is 511. The molecule has 0 radical (unpaired) electrons. The van der Waals surface area contributed by atoms with Crippen molar-refractivity contribution < 1.29 is 29.7 Å². The third-order valence-electron chi connectivity index (χ3n) is 4.26. The molecule has 0 amide bonds. The lowest BCUT2D eigenvalue weighted by Crippen LogP contribution is -2.34. The van der Waals surface area contributed by atoms with Crippen LogP contribution in [0.2, 0.25) is 0 Å². The molecule has 0 aromatic heterocycles. The summed E-state index contributed by atoms with van der Waals surface area (Å²) in [6, 6.07) is -0.863. The predicted molar refractivity (Wildman–Crippen MR) is 95.2 cm³/mol. The van der Waals surface area contributed by atoms with Crippen LogP contribution in [0.25, 0.3) is 0 Å². The topological polar surface area (TPSA) is 150 Å². The van der Waals surface area contributed by atoms with Gasteiger partial charge in [0.15, 0.2) is 0 Å². The minimum atomic E-state index is -1.02. The summed E-state index contributed by atoms with van der Waals surface area (Å²) >= 11 is 1.65. The van der Waals surface area contributed by atoms with Crippen LogP contribution in [0.5, 0.6) is 0 Å². The number of hydrogen-bond donors (Lipinski definition) is 4. The van der Waals surface area contributed by atoms with Crippen molar-refractivity contribution >= 4 is 35.4 Å². The molecule has 0 bridgehead atoms. The monoisotopic (exact) mass is 374 g/mol. The molecule has 0 aliphatic carbocycles. The highest BCUT2D eigenvalue weighted by atomic mass is 32.2. The Hall–Kier alpha value is -1.61. The molecular weight excluding hydrogens is 348 g/mol. The smallest absolute Gasteiger partial charge is 0.320 e. The van der Waals surface area contributed by atoms with Crippen LogP contribution in [0.3, 0.4) is 0 Å². The van der Waals surface area contributed by atoms with Gasteiger partial charge in [0.1, 0.15) is 6.04 Å². The zero-order valence-corrected chi connectivity index (χ0v) is 14.9. The first-order valence-electron chi connectivity index (χ1n) is 8.34. The largest absolute Gasteiger partial charge is 0.481 e. The van der Waals surface area contributed by atoms with Crippen LogP contribution in [0.15, 0.2) is 4.99 Å².